The van der Waals surface area contributed by atoms with Gasteiger partial charge in [0.05, 0.1) is 12.9 Å². The Kier molecular flexibility index (Phi) is 8.06. The van der Waals surface area contributed by atoms with Crippen LogP contribution in [-0.2, 0) is 16.3 Å². The molecule has 1 atom stereocenters. The van der Waals surface area contributed by atoms with Crippen LogP contribution in [-0.4, -0.2) is 25.7 Å². The van der Waals surface area contributed by atoms with Gasteiger partial charge in [-0.15, -0.1) is 0 Å². The van der Waals surface area contributed by atoms with Gasteiger partial charge in [-0.05, 0) is 25.2 Å². The third-order valence-electron chi connectivity index (χ3n) is 1.11. The van der Waals surface area contributed by atoms with E-state index in [1.807, 2.05) is 6.92 Å². The third-order valence-corrected chi connectivity index (χ3v) is 6.85. The summed E-state index contributed by atoms with van der Waals surface area (Å²) in [6, 6.07) is 0. The minimum absolute atomic E-state index is 0.651. The maximum Gasteiger partial charge on any atom is 0.211 e. The van der Waals surface area contributed by atoms with Crippen molar-refractivity contribution in [1.82, 2.24) is 5.09 Å². The summed E-state index contributed by atoms with van der Waals surface area (Å²) in [5.41, 5.74) is -1.90. The molecular weight excluding hydrogens is 223 g/mol. The second-order valence-electron chi connectivity index (χ2n) is 2.26. The summed E-state index contributed by atoms with van der Waals surface area (Å²) in [4.78, 5) is 3.84. The summed E-state index contributed by atoms with van der Waals surface area (Å²) in [5, 5.41) is 3.06. The van der Waals surface area contributed by atoms with Crippen molar-refractivity contribution in [3.63, 3.8) is 0 Å². The summed E-state index contributed by atoms with van der Waals surface area (Å²) < 4.78 is 5.52. The summed E-state index contributed by atoms with van der Waals surface area (Å²) >= 11 is 7.07. The van der Waals surface area contributed by atoms with Crippen molar-refractivity contribution >= 4 is 35.1 Å². The van der Waals surface area contributed by atoms with Gasteiger partial charge in [0.25, 0.3) is 0 Å². The lowest BCUT2D eigenvalue weighted by Gasteiger charge is -2.19. The highest BCUT2D eigenvalue weighted by Crippen LogP contribution is 2.55. The highest BCUT2D eigenvalue weighted by molar-refractivity contribution is 8.68. The van der Waals surface area contributed by atoms with Crippen LogP contribution >= 0.6 is 17.0 Å². The van der Waals surface area contributed by atoms with E-state index in [2.05, 4.69) is 17.0 Å². The summed E-state index contributed by atoms with van der Waals surface area (Å²) in [7, 11) is 1.71. The van der Waals surface area contributed by atoms with Gasteiger partial charge in [0.2, 0.25) is 5.62 Å². The number of nitrogens with one attached hydrogen (secondary N) is 1. The van der Waals surface area contributed by atoms with E-state index in [9.17, 15) is 0 Å². The summed E-state index contributed by atoms with van der Waals surface area (Å²) in [6.45, 7) is 4.74. The van der Waals surface area contributed by atoms with Crippen molar-refractivity contribution in [3.05, 3.63) is 0 Å². The van der Waals surface area contributed by atoms with E-state index < -0.39 is 5.62 Å². The predicted molar refractivity (Wildman–Crippen MR) is 66.2 cm³/mol. The van der Waals surface area contributed by atoms with Crippen LogP contribution in [0.1, 0.15) is 20.3 Å². The molecule has 0 aromatic carbocycles. The summed E-state index contributed by atoms with van der Waals surface area (Å²) in [6.07, 6.45) is 2.74. The second kappa shape index (κ2) is 7.80. The lowest BCUT2D eigenvalue weighted by atomic mass is 10.6. The number of hydrogen-bond acceptors (Lipinski definition) is 4. The molecule has 0 aromatic rings. The van der Waals surface area contributed by atoms with Crippen LogP contribution in [0.15, 0.2) is 4.99 Å². The van der Waals surface area contributed by atoms with Crippen molar-refractivity contribution in [1.29, 1.82) is 0 Å². The fourth-order valence-corrected chi connectivity index (χ4v) is 5.17. The Morgan fingerprint density at radius 1 is 1.62 bits per heavy atom. The molecule has 13 heavy (non-hydrogen) atoms. The van der Waals surface area contributed by atoms with E-state index in [1.54, 1.807) is 24.8 Å². The lowest BCUT2D eigenvalue weighted by Crippen LogP contribution is -2.08. The molecule has 0 aromatic heterocycles. The highest BCUT2D eigenvalue weighted by Gasteiger charge is 2.15. The van der Waals surface area contributed by atoms with Crippen molar-refractivity contribution in [3.8, 4) is 0 Å². The van der Waals surface area contributed by atoms with E-state index in [1.165, 1.54) is 0 Å². The molecular formula is C7H17N2OPS2. The van der Waals surface area contributed by atoms with Crippen molar-refractivity contribution in [2.24, 2.45) is 4.99 Å². The van der Waals surface area contributed by atoms with Crippen LogP contribution < -0.4 is 5.09 Å². The minimum Gasteiger partial charge on any atom is -0.327 e. The number of rotatable bonds is 7. The van der Waals surface area contributed by atoms with Crippen molar-refractivity contribution in [2.75, 3.05) is 19.4 Å². The zero-order chi connectivity index (χ0) is 10.2. The fourth-order valence-electron chi connectivity index (χ4n) is 0.622. The Balaban J connectivity index is 4.07. The topological polar surface area (TPSA) is 33.6 Å². The average molecular weight is 240 g/mol. The SMILES string of the molecule is CCCSP(=S)(N/C=N/C)OCC. The maximum absolute atomic E-state index is 5.52. The first-order valence-corrected chi connectivity index (χ1v) is 8.57. The zero-order valence-electron chi connectivity index (χ0n) is 8.32. The first-order chi connectivity index (χ1) is 6.18. The van der Waals surface area contributed by atoms with Crippen LogP contribution in [0.25, 0.3) is 0 Å². The average Bonchev–Trinajstić information content (AvgIpc) is 2.12. The molecule has 0 heterocycles. The van der Waals surface area contributed by atoms with Crippen LogP contribution in [0.5, 0.6) is 0 Å². The lowest BCUT2D eigenvalue weighted by molar-refractivity contribution is 0.383. The molecule has 0 rings (SSSR count). The number of nitrogens with zero attached hydrogens (tertiary/aromatic N) is 1. The van der Waals surface area contributed by atoms with E-state index in [4.69, 9.17) is 16.3 Å². The van der Waals surface area contributed by atoms with Gasteiger partial charge in [-0.25, -0.2) is 0 Å². The van der Waals surface area contributed by atoms with Crippen LogP contribution in [0.4, 0.5) is 0 Å². The van der Waals surface area contributed by atoms with Gasteiger partial charge in [0.15, 0.2) is 0 Å². The molecule has 1 unspecified atom stereocenters. The van der Waals surface area contributed by atoms with Gasteiger partial charge in [-0.3, -0.25) is 4.99 Å². The van der Waals surface area contributed by atoms with Gasteiger partial charge >= 0.3 is 0 Å². The highest BCUT2D eigenvalue weighted by atomic mass is 32.9. The van der Waals surface area contributed by atoms with E-state index in [-0.39, 0.29) is 0 Å². The van der Waals surface area contributed by atoms with E-state index >= 15 is 0 Å². The van der Waals surface area contributed by atoms with Gasteiger partial charge in [0, 0.05) is 12.8 Å². The molecule has 0 saturated carbocycles. The van der Waals surface area contributed by atoms with Crippen molar-refractivity contribution < 1.29 is 4.52 Å². The van der Waals surface area contributed by atoms with Gasteiger partial charge in [-0.2, -0.15) is 0 Å². The number of hydrogen-bond donors (Lipinski definition) is 1. The molecule has 0 bridgehead atoms. The molecule has 1 N–H and O–H groups in total. The second-order valence-corrected chi connectivity index (χ2v) is 9.00. The predicted octanol–water partition coefficient (Wildman–Crippen LogP) is 2.64. The van der Waals surface area contributed by atoms with Gasteiger partial charge in [-0.1, -0.05) is 18.3 Å². The van der Waals surface area contributed by atoms with E-state index in [0.29, 0.717) is 6.61 Å². The molecule has 0 saturated heterocycles. The first-order valence-electron chi connectivity index (χ1n) is 4.26. The zero-order valence-corrected chi connectivity index (χ0v) is 10.8. The van der Waals surface area contributed by atoms with Crippen LogP contribution in [0.2, 0.25) is 0 Å². The van der Waals surface area contributed by atoms with E-state index in [0.717, 1.165) is 12.2 Å². The molecule has 0 aliphatic heterocycles. The molecule has 3 nitrogen and oxygen atoms in total. The Morgan fingerprint density at radius 3 is 2.77 bits per heavy atom. The fraction of sp³-hybridized carbons (Fsp3) is 0.857. The minimum atomic E-state index is -1.90. The molecule has 0 aliphatic carbocycles. The monoisotopic (exact) mass is 240 g/mol. The smallest absolute Gasteiger partial charge is 0.211 e. The van der Waals surface area contributed by atoms with Gasteiger partial charge < -0.3 is 9.61 Å². The summed E-state index contributed by atoms with van der Waals surface area (Å²) in [5.74, 6) is 1.03. The Labute approximate surface area is 89.6 Å². The Bertz CT molecular complexity index is 199. The Morgan fingerprint density at radius 2 is 2.31 bits per heavy atom. The number of aliphatic imine (C=N–C) groups is 1. The molecule has 0 amide bonds. The molecule has 0 aliphatic rings. The standard InChI is InChI=1S/C7H17N2OPS2/c1-4-6-13-11(12,10-5-2)9-7-8-3/h7H,4-6H2,1-3H3,(H,8,9,12). The normalized spacial score (nSPS) is 15.9. The molecule has 78 valence electrons. The maximum atomic E-state index is 5.52. The Hall–Kier alpha value is 0.430. The molecule has 6 heteroatoms. The third kappa shape index (κ3) is 6.49. The van der Waals surface area contributed by atoms with Gasteiger partial charge in [0.1, 0.15) is 0 Å². The molecule has 0 fully saturated rings. The van der Waals surface area contributed by atoms with Crippen LogP contribution in [0, 0.1) is 0 Å². The largest absolute Gasteiger partial charge is 0.327 e. The molecule has 0 spiro atoms. The van der Waals surface area contributed by atoms with Crippen molar-refractivity contribution in [2.45, 2.75) is 20.3 Å². The quantitative estimate of drug-likeness (QED) is 0.421. The first kappa shape index (κ1) is 13.4. The molecule has 0 radical (unpaired) electrons. The van der Waals surface area contributed by atoms with Crippen LogP contribution in [0.3, 0.4) is 0 Å².